The third kappa shape index (κ3) is 6.02. The molecule has 1 aromatic heterocycles. The second-order valence-electron chi connectivity index (χ2n) is 8.59. The zero-order valence-electron chi connectivity index (χ0n) is 20.0. The van der Waals surface area contributed by atoms with Crippen molar-refractivity contribution in [2.24, 2.45) is 0 Å². The molecule has 1 aromatic carbocycles. The maximum atomic E-state index is 12.2. The van der Waals surface area contributed by atoms with E-state index in [2.05, 4.69) is 52.2 Å². The summed E-state index contributed by atoms with van der Waals surface area (Å²) in [4.78, 5) is 41.6. The van der Waals surface area contributed by atoms with Gasteiger partial charge in [-0.05, 0) is 52.2 Å². The second-order valence-corrected chi connectivity index (χ2v) is 8.59. The summed E-state index contributed by atoms with van der Waals surface area (Å²) < 4.78 is 11.3. The van der Waals surface area contributed by atoms with Gasteiger partial charge in [0.15, 0.2) is 11.6 Å². The fourth-order valence-electron chi connectivity index (χ4n) is 4.22. The zero-order chi connectivity index (χ0) is 24.7. The quantitative estimate of drug-likeness (QED) is 0.719. The molecule has 0 spiro atoms. The topological polar surface area (TPSA) is 114 Å². The molecule has 1 fully saturated rings. The predicted molar refractivity (Wildman–Crippen MR) is 125 cm³/mol. The van der Waals surface area contributed by atoms with Crippen LogP contribution >= 0.6 is 0 Å². The van der Waals surface area contributed by atoms with Crippen LogP contribution in [-0.2, 0) is 14.3 Å². The van der Waals surface area contributed by atoms with E-state index in [9.17, 15) is 4.79 Å². The first kappa shape index (κ1) is 25.0. The third-order valence-electron chi connectivity index (χ3n) is 5.77. The van der Waals surface area contributed by atoms with Crippen LogP contribution < -0.4 is 15.0 Å². The van der Waals surface area contributed by atoms with Crippen molar-refractivity contribution in [3.63, 3.8) is 0 Å². The Kier molecular flexibility index (Phi) is 8.43. The fraction of sp³-hybridized carbons (Fsp3) is 0.500. The number of carbonyl (C=O) groups is 1. The number of aryl methyl sites for hydroxylation is 2. The molecule has 10 heteroatoms. The van der Waals surface area contributed by atoms with Crippen LogP contribution in [0, 0.1) is 13.8 Å². The van der Waals surface area contributed by atoms with Gasteiger partial charge in [-0.1, -0.05) is 17.7 Å². The summed E-state index contributed by atoms with van der Waals surface area (Å²) >= 11 is 0. The van der Waals surface area contributed by atoms with Gasteiger partial charge in [0.05, 0.1) is 12.6 Å². The number of benzene rings is 1. The number of nitrogens with zero attached hydrogens (tertiary/aromatic N) is 4. The first-order valence-corrected chi connectivity index (χ1v) is 11.4. The monoisotopic (exact) mass is 469 g/mol. The molecule has 2 aliphatic rings. The van der Waals surface area contributed by atoms with Crippen molar-refractivity contribution in [2.45, 2.75) is 52.7 Å². The summed E-state index contributed by atoms with van der Waals surface area (Å²) in [7, 11) is 0. The number of rotatable bonds is 4. The van der Waals surface area contributed by atoms with E-state index in [1.807, 2.05) is 13.8 Å². The van der Waals surface area contributed by atoms with E-state index < -0.39 is 0 Å². The molecule has 0 atom stereocenters. The van der Waals surface area contributed by atoms with E-state index in [-0.39, 0.29) is 18.3 Å². The highest BCUT2D eigenvalue weighted by Crippen LogP contribution is 2.39. The summed E-state index contributed by atoms with van der Waals surface area (Å²) in [5.74, 6) is 2.19. The van der Waals surface area contributed by atoms with Crippen molar-refractivity contribution in [3.8, 4) is 5.75 Å². The van der Waals surface area contributed by atoms with Gasteiger partial charge >= 0.3 is 12.2 Å². The molecule has 1 saturated heterocycles. The Labute approximate surface area is 199 Å². The van der Waals surface area contributed by atoms with Crippen molar-refractivity contribution in [2.75, 3.05) is 36.5 Å². The molecule has 2 aromatic rings. The standard InChI is InChI=1S/C23H31N5O3.CO2/c1-15(2)31-23(29)27-9-7-18(8-10-27)28-11-12-30-20-21(24-14-25-22(20)28)26-19-6-5-16(3)13-17(19)4;2-1-3/h5-6,13-15,18H,7-12H2,1-4H3,(H,24,25,26);. The molecular weight excluding hydrogens is 438 g/mol. The Morgan fingerprint density at radius 1 is 1.18 bits per heavy atom. The number of ether oxygens (including phenoxy) is 2. The number of fused-ring (bicyclic) bond motifs is 1. The summed E-state index contributed by atoms with van der Waals surface area (Å²) in [5.41, 5.74) is 3.38. The predicted octanol–water partition coefficient (Wildman–Crippen LogP) is 3.46. The van der Waals surface area contributed by atoms with Crippen molar-refractivity contribution in [1.82, 2.24) is 14.9 Å². The lowest BCUT2D eigenvalue weighted by Gasteiger charge is -2.41. The van der Waals surface area contributed by atoms with Crippen LogP contribution in [0.5, 0.6) is 5.75 Å². The second kappa shape index (κ2) is 11.5. The maximum absolute atomic E-state index is 12.2. The van der Waals surface area contributed by atoms with Crippen LogP contribution in [-0.4, -0.2) is 65.5 Å². The molecule has 1 N–H and O–H groups in total. The fourth-order valence-corrected chi connectivity index (χ4v) is 4.22. The molecule has 34 heavy (non-hydrogen) atoms. The Hall–Kier alpha value is -3.65. The molecule has 4 rings (SSSR count). The van der Waals surface area contributed by atoms with Gasteiger partial charge in [-0.3, -0.25) is 0 Å². The van der Waals surface area contributed by atoms with Gasteiger partial charge in [0.1, 0.15) is 12.9 Å². The van der Waals surface area contributed by atoms with E-state index in [4.69, 9.17) is 19.1 Å². The Balaban J connectivity index is 0.00000103. The van der Waals surface area contributed by atoms with Crippen LogP contribution in [0.4, 0.5) is 22.1 Å². The van der Waals surface area contributed by atoms with Crippen LogP contribution in [0.2, 0.25) is 0 Å². The number of aromatic nitrogens is 2. The molecule has 1 amide bonds. The molecule has 2 aliphatic heterocycles. The number of likely N-dealkylation sites (tertiary alicyclic amines) is 1. The molecule has 0 saturated carbocycles. The molecule has 0 radical (unpaired) electrons. The van der Waals surface area contributed by atoms with Gasteiger partial charge in [0, 0.05) is 24.8 Å². The lowest BCUT2D eigenvalue weighted by molar-refractivity contribution is -0.191. The number of hydrogen-bond donors (Lipinski definition) is 1. The molecular formula is C24H31N5O5. The van der Waals surface area contributed by atoms with Gasteiger partial charge in [-0.2, -0.15) is 9.59 Å². The number of piperidine rings is 1. The third-order valence-corrected chi connectivity index (χ3v) is 5.77. The molecule has 10 nitrogen and oxygen atoms in total. The van der Waals surface area contributed by atoms with Gasteiger partial charge < -0.3 is 24.6 Å². The summed E-state index contributed by atoms with van der Waals surface area (Å²) in [5, 5.41) is 3.42. The Bertz CT molecular complexity index is 1030. The van der Waals surface area contributed by atoms with Crippen LogP contribution in [0.25, 0.3) is 0 Å². The van der Waals surface area contributed by atoms with Crippen molar-refractivity contribution < 1.29 is 23.9 Å². The van der Waals surface area contributed by atoms with Gasteiger partial charge in [-0.15, -0.1) is 0 Å². The summed E-state index contributed by atoms with van der Waals surface area (Å²) in [6, 6.07) is 6.58. The first-order valence-electron chi connectivity index (χ1n) is 11.4. The molecule has 0 unspecified atom stereocenters. The van der Waals surface area contributed by atoms with Gasteiger partial charge in [0.2, 0.25) is 5.75 Å². The normalized spacial score (nSPS) is 15.4. The highest BCUT2D eigenvalue weighted by molar-refractivity contribution is 5.72. The Morgan fingerprint density at radius 3 is 2.53 bits per heavy atom. The van der Waals surface area contributed by atoms with Crippen LogP contribution in [0.1, 0.15) is 37.8 Å². The van der Waals surface area contributed by atoms with Crippen LogP contribution in [0.3, 0.4) is 0 Å². The molecule has 0 aliphatic carbocycles. The smallest absolute Gasteiger partial charge is 0.410 e. The van der Waals surface area contributed by atoms with E-state index in [1.54, 1.807) is 11.2 Å². The minimum absolute atomic E-state index is 0.101. The van der Waals surface area contributed by atoms with Crippen molar-refractivity contribution >= 4 is 29.6 Å². The van der Waals surface area contributed by atoms with Crippen molar-refractivity contribution in [3.05, 3.63) is 35.7 Å². The van der Waals surface area contributed by atoms with E-state index in [0.29, 0.717) is 37.3 Å². The lowest BCUT2D eigenvalue weighted by atomic mass is 10.0. The summed E-state index contributed by atoms with van der Waals surface area (Å²) in [6.45, 7) is 10.6. The minimum Gasteiger partial charge on any atom is -0.485 e. The number of amides is 1. The molecule has 3 heterocycles. The zero-order valence-corrected chi connectivity index (χ0v) is 20.0. The largest absolute Gasteiger partial charge is 0.485 e. The van der Waals surface area contributed by atoms with Gasteiger partial charge in [0.25, 0.3) is 0 Å². The number of carbonyl (C=O) groups excluding carboxylic acids is 3. The summed E-state index contributed by atoms with van der Waals surface area (Å²) in [6.07, 6.45) is 3.25. The Morgan fingerprint density at radius 2 is 1.88 bits per heavy atom. The highest BCUT2D eigenvalue weighted by atomic mass is 16.6. The first-order chi connectivity index (χ1) is 16.3. The van der Waals surface area contributed by atoms with E-state index >= 15 is 0 Å². The number of nitrogens with one attached hydrogen (secondary N) is 1. The van der Waals surface area contributed by atoms with Crippen LogP contribution in [0.15, 0.2) is 24.5 Å². The average Bonchev–Trinajstić information content (AvgIpc) is 2.81. The minimum atomic E-state index is -0.224. The van der Waals surface area contributed by atoms with E-state index in [1.165, 1.54) is 5.56 Å². The maximum Gasteiger partial charge on any atom is 0.410 e. The SMILES string of the molecule is Cc1ccc(Nc2ncnc3c2OCCN3C2CCN(C(=O)OC(C)C)CC2)c(C)c1.O=C=O. The molecule has 0 bridgehead atoms. The number of anilines is 3. The van der Waals surface area contributed by atoms with Crippen molar-refractivity contribution in [1.29, 1.82) is 0 Å². The molecule has 182 valence electrons. The highest BCUT2D eigenvalue weighted by Gasteiger charge is 2.33. The lowest BCUT2D eigenvalue weighted by Crippen LogP contribution is -2.49. The average molecular weight is 470 g/mol. The van der Waals surface area contributed by atoms with E-state index in [0.717, 1.165) is 36.5 Å². The number of hydrogen-bond acceptors (Lipinski definition) is 9. The van der Waals surface area contributed by atoms with Gasteiger partial charge in [-0.25, -0.2) is 14.8 Å².